The Morgan fingerprint density at radius 1 is 1.50 bits per heavy atom. The fraction of sp³-hybridized carbons (Fsp3) is 0.727. The molecule has 2 atom stereocenters. The molecular weight excluding hydrogens is 146 g/mol. The third-order valence-corrected chi connectivity index (χ3v) is 2.86. The summed E-state index contributed by atoms with van der Waals surface area (Å²) in [5.41, 5.74) is 0.0924. The molecule has 0 N–H and O–H groups in total. The molecule has 1 heteroatoms. The average molecular weight is 165 g/mol. The Hall–Kier alpha value is -0.590. The van der Waals surface area contributed by atoms with E-state index in [1.807, 2.05) is 6.21 Å². The third-order valence-electron chi connectivity index (χ3n) is 2.86. The van der Waals surface area contributed by atoms with Crippen LogP contribution in [0.2, 0.25) is 0 Å². The second-order valence-corrected chi connectivity index (χ2v) is 3.91. The van der Waals surface area contributed by atoms with Crippen LogP contribution in [-0.4, -0.2) is 11.8 Å². The van der Waals surface area contributed by atoms with E-state index in [0.717, 1.165) is 0 Å². The van der Waals surface area contributed by atoms with Crippen molar-refractivity contribution in [2.24, 2.45) is 10.9 Å². The number of aliphatic imine (C=N–C) groups is 1. The Balaban J connectivity index is 2.45. The molecule has 1 rings (SSSR count). The van der Waals surface area contributed by atoms with E-state index in [0.29, 0.717) is 5.92 Å². The van der Waals surface area contributed by atoms with Crippen molar-refractivity contribution in [3.05, 3.63) is 12.2 Å². The normalized spacial score (nSPS) is 29.6. The number of rotatable bonds is 4. The van der Waals surface area contributed by atoms with E-state index in [1.165, 1.54) is 19.3 Å². The maximum Gasteiger partial charge on any atom is 0.0788 e. The van der Waals surface area contributed by atoms with Crippen LogP contribution in [0.25, 0.3) is 0 Å². The largest absolute Gasteiger partial charge is 0.282 e. The first-order chi connectivity index (χ1) is 5.69. The summed E-state index contributed by atoms with van der Waals surface area (Å²) in [4.78, 5) is 4.48. The topological polar surface area (TPSA) is 12.4 Å². The van der Waals surface area contributed by atoms with Crippen LogP contribution >= 0.6 is 0 Å². The number of hydrogen-bond acceptors (Lipinski definition) is 1. The lowest BCUT2D eigenvalue weighted by molar-refractivity contribution is 0.362. The molecule has 0 bridgehead atoms. The van der Waals surface area contributed by atoms with Gasteiger partial charge in [0.1, 0.15) is 0 Å². The molecule has 1 aliphatic rings. The van der Waals surface area contributed by atoms with Gasteiger partial charge in [0.2, 0.25) is 0 Å². The molecule has 1 nitrogen and oxygen atoms in total. The molecule has 0 spiro atoms. The van der Waals surface area contributed by atoms with Crippen molar-refractivity contribution < 1.29 is 0 Å². The highest BCUT2D eigenvalue weighted by Gasteiger charge is 2.27. The summed E-state index contributed by atoms with van der Waals surface area (Å²) < 4.78 is 0. The maximum absolute atomic E-state index is 4.48. The van der Waals surface area contributed by atoms with E-state index in [4.69, 9.17) is 0 Å². The maximum atomic E-state index is 4.48. The lowest BCUT2D eigenvalue weighted by atomic mass is 9.85. The van der Waals surface area contributed by atoms with Crippen molar-refractivity contribution in [2.45, 2.75) is 45.6 Å². The zero-order valence-corrected chi connectivity index (χ0v) is 8.38. The molecule has 0 amide bonds. The molecule has 0 aromatic carbocycles. The number of unbranched alkanes of at least 4 members (excludes halogenated alkanes) is 1. The summed E-state index contributed by atoms with van der Waals surface area (Å²) in [6, 6.07) is 0. The minimum Gasteiger partial charge on any atom is -0.282 e. The lowest BCUT2D eigenvalue weighted by Crippen LogP contribution is -2.26. The van der Waals surface area contributed by atoms with Gasteiger partial charge in [-0.05, 0) is 25.3 Å². The van der Waals surface area contributed by atoms with Crippen molar-refractivity contribution >= 4 is 6.21 Å². The monoisotopic (exact) mass is 165 g/mol. The molecular formula is C11H19N. The molecule has 1 aliphatic heterocycles. The fourth-order valence-corrected chi connectivity index (χ4v) is 1.58. The van der Waals surface area contributed by atoms with Crippen molar-refractivity contribution in [3.8, 4) is 0 Å². The Morgan fingerprint density at radius 2 is 2.25 bits per heavy atom. The summed E-state index contributed by atoms with van der Waals surface area (Å²) in [6.45, 7) is 6.75. The van der Waals surface area contributed by atoms with Crippen molar-refractivity contribution in [2.75, 3.05) is 0 Å². The highest BCUT2D eigenvalue weighted by Crippen LogP contribution is 2.29. The van der Waals surface area contributed by atoms with Crippen LogP contribution in [0.5, 0.6) is 0 Å². The highest BCUT2D eigenvalue weighted by atomic mass is 14.9. The summed E-state index contributed by atoms with van der Waals surface area (Å²) >= 11 is 0. The molecule has 12 heavy (non-hydrogen) atoms. The van der Waals surface area contributed by atoms with Crippen molar-refractivity contribution in [1.29, 1.82) is 0 Å². The van der Waals surface area contributed by atoms with Gasteiger partial charge in [0, 0.05) is 6.21 Å². The van der Waals surface area contributed by atoms with Gasteiger partial charge in [-0.3, -0.25) is 4.99 Å². The summed E-state index contributed by atoms with van der Waals surface area (Å²) in [6.07, 6.45) is 10.1. The molecule has 0 saturated carbocycles. The quantitative estimate of drug-likeness (QED) is 0.606. The molecule has 68 valence electrons. The van der Waals surface area contributed by atoms with Crippen LogP contribution in [0.15, 0.2) is 17.1 Å². The average Bonchev–Trinajstić information content (AvgIpc) is 2.49. The Morgan fingerprint density at radius 3 is 2.75 bits per heavy atom. The predicted molar refractivity (Wildman–Crippen MR) is 54.7 cm³/mol. The fourth-order valence-electron chi connectivity index (χ4n) is 1.58. The minimum absolute atomic E-state index is 0.0924. The van der Waals surface area contributed by atoms with Crippen LogP contribution in [0.3, 0.4) is 0 Å². The zero-order chi connectivity index (χ0) is 9.03. The lowest BCUT2D eigenvalue weighted by Gasteiger charge is -2.26. The summed E-state index contributed by atoms with van der Waals surface area (Å²) in [7, 11) is 0. The minimum atomic E-state index is 0.0924. The van der Waals surface area contributed by atoms with E-state index in [1.54, 1.807) is 0 Å². The Bertz CT molecular complexity index is 179. The first-order valence-corrected chi connectivity index (χ1v) is 4.92. The SMILES string of the molecule is CCCCC(C)C1(C)C=CC=N1. The number of nitrogens with zero attached hydrogens (tertiary/aromatic N) is 1. The van der Waals surface area contributed by atoms with Crippen LogP contribution in [0, 0.1) is 5.92 Å². The van der Waals surface area contributed by atoms with Gasteiger partial charge in [-0.15, -0.1) is 0 Å². The molecule has 0 aromatic rings. The van der Waals surface area contributed by atoms with Crippen molar-refractivity contribution in [3.63, 3.8) is 0 Å². The van der Waals surface area contributed by atoms with E-state index in [-0.39, 0.29) is 5.54 Å². The van der Waals surface area contributed by atoms with E-state index in [9.17, 15) is 0 Å². The molecule has 0 saturated heterocycles. The second kappa shape index (κ2) is 3.88. The first-order valence-electron chi connectivity index (χ1n) is 4.92. The molecule has 2 unspecified atom stereocenters. The van der Waals surface area contributed by atoms with Crippen LogP contribution < -0.4 is 0 Å². The second-order valence-electron chi connectivity index (χ2n) is 3.91. The van der Waals surface area contributed by atoms with Crippen LogP contribution in [0.4, 0.5) is 0 Å². The van der Waals surface area contributed by atoms with Gasteiger partial charge >= 0.3 is 0 Å². The smallest absolute Gasteiger partial charge is 0.0788 e. The molecule has 0 aromatic heterocycles. The Kier molecular flexibility index (Phi) is 3.07. The van der Waals surface area contributed by atoms with E-state index >= 15 is 0 Å². The molecule has 0 aliphatic carbocycles. The van der Waals surface area contributed by atoms with Crippen molar-refractivity contribution in [1.82, 2.24) is 0 Å². The first kappa shape index (κ1) is 9.50. The van der Waals surface area contributed by atoms with Gasteiger partial charge < -0.3 is 0 Å². The van der Waals surface area contributed by atoms with E-state index < -0.39 is 0 Å². The van der Waals surface area contributed by atoms with Gasteiger partial charge in [0.25, 0.3) is 0 Å². The summed E-state index contributed by atoms with van der Waals surface area (Å²) in [5, 5.41) is 0. The van der Waals surface area contributed by atoms with Gasteiger partial charge in [-0.25, -0.2) is 0 Å². The molecule has 0 radical (unpaired) electrons. The Labute approximate surface area is 75.6 Å². The standard InChI is InChI=1S/C11H19N/c1-4-5-7-10(2)11(3)8-6-9-12-11/h6,8-10H,4-5,7H2,1-3H3. The van der Waals surface area contributed by atoms with Gasteiger partial charge in [0.15, 0.2) is 0 Å². The zero-order valence-electron chi connectivity index (χ0n) is 8.38. The highest BCUT2D eigenvalue weighted by molar-refractivity contribution is 5.75. The van der Waals surface area contributed by atoms with Gasteiger partial charge in [-0.1, -0.05) is 32.8 Å². The number of hydrogen-bond donors (Lipinski definition) is 0. The van der Waals surface area contributed by atoms with Crippen LogP contribution in [-0.2, 0) is 0 Å². The van der Waals surface area contributed by atoms with Crippen LogP contribution in [0.1, 0.15) is 40.0 Å². The molecule has 1 heterocycles. The summed E-state index contributed by atoms with van der Waals surface area (Å²) in [5.74, 6) is 0.674. The third kappa shape index (κ3) is 1.96. The molecule has 0 fully saturated rings. The van der Waals surface area contributed by atoms with Gasteiger partial charge in [-0.2, -0.15) is 0 Å². The van der Waals surface area contributed by atoms with E-state index in [2.05, 4.69) is 37.9 Å². The number of allylic oxidation sites excluding steroid dienone is 1. The predicted octanol–water partition coefficient (Wildman–Crippen LogP) is 3.21. The van der Waals surface area contributed by atoms with Gasteiger partial charge in [0.05, 0.1) is 5.54 Å².